The van der Waals surface area contributed by atoms with E-state index in [9.17, 15) is 14.7 Å². The van der Waals surface area contributed by atoms with Crippen LogP contribution >= 0.6 is 0 Å². The molecule has 0 aromatic rings. The Morgan fingerprint density at radius 1 is 1.05 bits per heavy atom. The quantitative estimate of drug-likeness (QED) is 0.826. The van der Waals surface area contributed by atoms with Crippen LogP contribution in [0.15, 0.2) is 0 Å². The van der Waals surface area contributed by atoms with Gasteiger partial charge in [-0.25, -0.2) is 4.79 Å². The van der Waals surface area contributed by atoms with E-state index in [1.54, 1.807) is 0 Å². The number of rotatable bonds is 3. The molecular weight excluding hydrogens is 242 g/mol. The molecule has 0 radical (unpaired) electrons. The fourth-order valence-electron chi connectivity index (χ4n) is 3.68. The van der Waals surface area contributed by atoms with Gasteiger partial charge in [-0.15, -0.1) is 0 Å². The highest BCUT2D eigenvalue weighted by Gasteiger charge is 2.45. The van der Waals surface area contributed by atoms with Crippen LogP contribution in [-0.2, 0) is 9.59 Å². The van der Waals surface area contributed by atoms with Crippen LogP contribution in [0.2, 0.25) is 0 Å². The van der Waals surface area contributed by atoms with E-state index in [1.807, 2.05) is 0 Å². The molecule has 4 nitrogen and oxygen atoms in total. The van der Waals surface area contributed by atoms with Crippen molar-refractivity contribution in [3.63, 3.8) is 0 Å². The van der Waals surface area contributed by atoms with Crippen LogP contribution in [0.4, 0.5) is 0 Å². The Hall–Kier alpha value is -1.06. The highest BCUT2D eigenvalue weighted by Crippen LogP contribution is 2.43. The average Bonchev–Trinajstić information content (AvgIpc) is 2.70. The molecule has 2 rings (SSSR count). The van der Waals surface area contributed by atoms with E-state index in [0.717, 1.165) is 38.5 Å². The van der Waals surface area contributed by atoms with Crippen LogP contribution in [0.25, 0.3) is 0 Å². The van der Waals surface area contributed by atoms with Crippen molar-refractivity contribution in [3.8, 4) is 0 Å². The summed E-state index contributed by atoms with van der Waals surface area (Å²) in [5.41, 5.74) is -1.01. The molecule has 2 aliphatic carbocycles. The molecule has 1 atom stereocenters. The second-order valence-corrected chi connectivity index (χ2v) is 6.87. The Balaban J connectivity index is 2.09. The lowest BCUT2D eigenvalue weighted by Gasteiger charge is -2.36. The van der Waals surface area contributed by atoms with Gasteiger partial charge in [0.05, 0.1) is 0 Å². The van der Waals surface area contributed by atoms with Crippen LogP contribution in [-0.4, -0.2) is 22.5 Å². The molecular formula is C15H25NO3. The molecule has 0 bridgehead atoms. The third kappa shape index (κ3) is 2.77. The van der Waals surface area contributed by atoms with Gasteiger partial charge in [0.15, 0.2) is 0 Å². The summed E-state index contributed by atoms with van der Waals surface area (Å²) in [5.74, 6) is -0.950. The van der Waals surface area contributed by atoms with Crippen molar-refractivity contribution in [2.45, 2.75) is 70.8 Å². The van der Waals surface area contributed by atoms with Gasteiger partial charge in [-0.2, -0.15) is 0 Å². The normalized spacial score (nSPS) is 28.8. The second kappa shape index (κ2) is 5.14. The molecule has 0 saturated heterocycles. The van der Waals surface area contributed by atoms with E-state index in [-0.39, 0.29) is 17.2 Å². The molecule has 19 heavy (non-hydrogen) atoms. The minimum Gasteiger partial charge on any atom is -0.480 e. The number of nitrogens with one attached hydrogen (secondary N) is 1. The second-order valence-electron chi connectivity index (χ2n) is 6.87. The summed E-state index contributed by atoms with van der Waals surface area (Å²) in [7, 11) is 0. The zero-order valence-electron chi connectivity index (χ0n) is 12.0. The number of carboxylic acids is 1. The summed E-state index contributed by atoms with van der Waals surface area (Å²) in [6, 6.07) is 0. The Morgan fingerprint density at radius 3 is 2.16 bits per heavy atom. The van der Waals surface area contributed by atoms with E-state index < -0.39 is 11.5 Å². The summed E-state index contributed by atoms with van der Waals surface area (Å²) in [6.45, 7) is 4.22. The maximum absolute atomic E-state index is 12.5. The molecule has 2 aliphatic rings. The number of hydrogen-bond acceptors (Lipinski definition) is 2. The Kier molecular flexibility index (Phi) is 3.88. The van der Waals surface area contributed by atoms with Crippen molar-refractivity contribution >= 4 is 11.9 Å². The summed E-state index contributed by atoms with van der Waals surface area (Å²) in [5, 5.41) is 12.4. The first-order valence-corrected chi connectivity index (χ1v) is 7.43. The van der Waals surface area contributed by atoms with Crippen molar-refractivity contribution < 1.29 is 14.7 Å². The van der Waals surface area contributed by atoms with Gasteiger partial charge in [0.1, 0.15) is 5.54 Å². The minimum absolute atomic E-state index is 0.00154. The molecule has 4 heteroatoms. The standard InChI is InChI=1S/C15H25NO3/c1-14(2)8-6-7-11(14)12(17)16-15(13(18)19)9-4-3-5-10-15/h11H,3-10H2,1-2H3,(H,16,17)(H,18,19). The van der Waals surface area contributed by atoms with Crippen molar-refractivity contribution in [3.05, 3.63) is 0 Å². The third-order valence-corrected chi connectivity index (χ3v) is 5.05. The fourth-order valence-corrected chi connectivity index (χ4v) is 3.68. The van der Waals surface area contributed by atoms with Crippen LogP contribution in [0.3, 0.4) is 0 Å². The first kappa shape index (κ1) is 14.4. The Bertz CT molecular complexity index is 370. The summed E-state index contributed by atoms with van der Waals surface area (Å²) < 4.78 is 0. The van der Waals surface area contributed by atoms with Gasteiger partial charge in [-0.3, -0.25) is 4.79 Å². The molecule has 2 saturated carbocycles. The van der Waals surface area contributed by atoms with Gasteiger partial charge < -0.3 is 10.4 Å². The number of hydrogen-bond donors (Lipinski definition) is 2. The number of carbonyl (C=O) groups excluding carboxylic acids is 1. The monoisotopic (exact) mass is 267 g/mol. The predicted octanol–water partition coefficient (Wildman–Crippen LogP) is 2.72. The largest absolute Gasteiger partial charge is 0.480 e. The zero-order chi connectivity index (χ0) is 14.1. The first-order valence-electron chi connectivity index (χ1n) is 7.43. The predicted molar refractivity (Wildman–Crippen MR) is 72.7 cm³/mol. The highest BCUT2D eigenvalue weighted by molar-refractivity contribution is 5.88. The SMILES string of the molecule is CC1(C)CCCC1C(=O)NC1(C(=O)O)CCCCC1. The Morgan fingerprint density at radius 2 is 1.68 bits per heavy atom. The van der Waals surface area contributed by atoms with E-state index in [2.05, 4.69) is 19.2 Å². The molecule has 0 aromatic carbocycles. The molecule has 0 aromatic heterocycles. The highest BCUT2D eigenvalue weighted by atomic mass is 16.4. The maximum Gasteiger partial charge on any atom is 0.329 e. The molecule has 108 valence electrons. The third-order valence-electron chi connectivity index (χ3n) is 5.05. The van der Waals surface area contributed by atoms with Gasteiger partial charge in [-0.1, -0.05) is 39.5 Å². The van der Waals surface area contributed by atoms with E-state index in [4.69, 9.17) is 0 Å². The molecule has 2 fully saturated rings. The van der Waals surface area contributed by atoms with Crippen LogP contribution < -0.4 is 5.32 Å². The van der Waals surface area contributed by atoms with Gasteiger partial charge >= 0.3 is 5.97 Å². The number of carbonyl (C=O) groups is 2. The lowest BCUT2D eigenvalue weighted by molar-refractivity contribution is -0.150. The summed E-state index contributed by atoms with van der Waals surface area (Å²) in [4.78, 5) is 24.0. The molecule has 1 unspecified atom stereocenters. The topological polar surface area (TPSA) is 66.4 Å². The zero-order valence-corrected chi connectivity index (χ0v) is 12.0. The number of aliphatic carboxylic acids is 1. The van der Waals surface area contributed by atoms with Crippen LogP contribution in [0.5, 0.6) is 0 Å². The van der Waals surface area contributed by atoms with Gasteiger partial charge in [-0.05, 0) is 31.1 Å². The van der Waals surface area contributed by atoms with Crippen molar-refractivity contribution in [2.75, 3.05) is 0 Å². The lowest BCUT2D eigenvalue weighted by Crippen LogP contribution is -2.57. The van der Waals surface area contributed by atoms with E-state index in [0.29, 0.717) is 12.8 Å². The van der Waals surface area contributed by atoms with Crippen molar-refractivity contribution in [1.29, 1.82) is 0 Å². The first-order chi connectivity index (χ1) is 8.87. The smallest absolute Gasteiger partial charge is 0.329 e. The summed E-state index contributed by atoms with van der Waals surface area (Å²) >= 11 is 0. The molecule has 0 aliphatic heterocycles. The molecule has 2 N–H and O–H groups in total. The number of carboxylic acid groups (broad SMARTS) is 1. The van der Waals surface area contributed by atoms with Crippen molar-refractivity contribution in [1.82, 2.24) is 5.32 Å². The van der Waals surface area contributed by atoms with Gasteiger partial charge in [0, 0.05) is 5.92 Å². The molecule has 0 spiro atoms. The van der Waals surface area contributed by atoms with Gasteiger partial charge in [0.2, 0.25) is 5.91 Å². The maximum atomic E-state index is 12.5. The van der Waals surface area contributed by atoms with Crippen LogP contribution in [0, 0.1) is 11.3 Å². The summed E-state index contributed by atoms with van der Waals surface area (Å²) in [6.07, 6.45) is 6.98. The van der Waals surface area contributed by atoms with Crippen molar-refractivity contribution in [2.24, 2.45) is 11.3 Å². The average molecular weight is 267 g/mol. The van der Waals surface area contributed by atoms with E-state index >= 15 is 0 Å². The minimum atomic E-state index is -1.01. The van der Waals surface area contributed by atoms with E-state index in [1.165, 1.54) is 0 Å². The van der Waals surface area contributed by atoms with Gasteiger partial charge in [0.25, 0.3) is 0 Å². The number of amides is 1. The lowest BCUT2D eigenvalue weighted by atomic mass is 9.78. The Labute approximate surface area is 115 Å². The molecule has 0 heterocycles. The molecule has 1 amide bonds. The van der Waals surface area contributed by atoms with Crippen LogP contribution in [0.1, 0.15) is 65.2 Å². The fraction of sp³-hybridized carbons (Fsp3) is 0.867.